The number of amides is 1. The molecule has 7 heteroatoms. The second kappa shape index (κ2) is 5.60. The molecule has 0 aliphatic carbocycles. The van der Waals surface area contributed by atoms with E-state index in [2.05, 4.69) is 0 Å². The molecule has 0 spiro atoms. The lowest BCUT2D eigenvalue weighted by atomic mass is 9.77. The van der Waals surface area contributed by atoms with E-state index in [0.29, 0.717) is 5.69 Å². The van der Waals surface area contributed by atoms with E-state index in [1.54, 1.807) is 0 Å². The van der Waals surface area contributed by atoms with Crippen LogP contribution in [0.4, 0.5) is 5.69 Å². The first-order chi connectivity index (χ1) is 11.1. The molecule has 6 nitrogen and oxygen atoms in total. The molecular weight excluding hydrogens is 309 g/mol. The molecule has 1 unspecified atom stereocenters. The zero-order valence-corrected chi connectivity index (χ0v) is 14.4. The van der Waals surface area contributed by atoms with Crippen LogP contribution in [0.1, 0.15) is 34.1 Å². The van der Waals surface area contributed by atoms with Crippen LogP contribution in [0.3, 0.4) is 0 Å². The van der Waals surface area contributed by atoms with Gasteiger partial charge < -0.3 is 19.3 Å². The summed E-state index contributed by atoms with van der Waals surface area (Å²) in [5.74, 6) is -1.81. The van der Waals surface area contributed by atoms with E-state index in [1.807, 2.05) is 52.0 Å². The summed E-state index contributed by atoms with van der Waals surface area (Å²) in [4.78, 5) is 25.0. The smallest absolute Gasteiger partial charge is 0.481 e. The highest BCUT2D eigenvalue weighted by Gasteiger charge is 2.52. The lowest BCUT2D eigenvalue weighted by molar-refractivity contribution is -0.141. The monoisotopic (exact) mass is 331 g/mol. The van der Waals surface area contributed by atoms with Crippen LogP contribution in [0, 0.1) is 5.92 Å². The van der Waals surface area contributed by atoms with Gasteiger partial charge in [-0.05, 0) is 33.8 Å². The van der Waals surface area contributed by atoms with Gasteiger partial charge in [0.1, 0.15) is 0 Å². The van der Waals surface area contributed by atoms with Gasteiger partial charge in [-0.1, -0.05) is 18.2 Å². The Morgan fingerprint density at radius 2 is 1.79 bits per heavy atom. The van der Waals surface area contributed by atoms with Crippen LogP contribution in [0.2, 0.25) is 0 Å². The van der Waals surface area contributed by atoms with E-state index in [-0.39, 0.29) is 18.9 Å². The predicted octanol–water partition coefficient (Wildman–Crippen LogP) is 1.42. The summed E-state index contributed by atoms with van der Waals surface area (Å²) in [5, 5.41) is 9.19. The number of para-hydroxylation sites is 1. The third-order valence-corrected chi connectivity index (χ3v) is 5.21. The van der Waals surface area contributed by atoms with Gasteiger partial charge in [-0.25, -0.2) is 0 Å². The Kier molecular flexibility index (Phi) is 3.96. The van der Waals surface area contributed by atoms with Crippen molar-refractivity contribution in [2.75, 3.05) is 11.4 Å². The van der Waals surface area contributed by atoms with E-state index < -0.39 is 30.2 Å². The zero-order chi connectivity index (χ0) is 17.7. The second-order valence-corrected chi connectivity index (χ2v) is 7.39. The van der Waals surface area contributed by atoms with Crippen molar-refractivity contribution in [2.45, 2.75) is 45.3 Å². The van der Waals surface area contributed by atoms with E-state index in [1.165, 1.54) is 4.90 Å². The molecule has 1 aromatic carbocycles. The summed E-state index contributed by atoms with van der Waals surface area (Å²) >= 11 is 0. The van der Waals surface area contributed by atoms with E-state index in [0.717, 1.165) is 5.46 Å². The number of carbonyl (C=O) groups excluding carboxylic acids is 1. The standard InChI is InChI=1S/C17H22BNO5/c1-16(2)17(3,4)24-18(23-16)12-7-5-6-8-13(12)19-10-11(15(21)22)9-14(19)20/h5-8,11H,9-10H2,1-4H3,(H,21,22). The number of rotatable bonds is 3. The minimum atomic E-state index is -0.945. The molecule has 24 heavy (non-hydrogen) atoms. The van der Waals surface area contributed by atoms with Gasteiger partial charge in [0.05, 0.1) is 17.1 Å². The molecule has 0 saturated carbocycles. The summed E-state index contributed by atoms with van der Waals surface area (Å²) in [6, 6.07) is 7.35. The van der Waals surface area contributed by atoms with Gasteiger partial charge in [0, 0.05) is 24.1 Å². The first-order valence-electron chi connectivity index (χ1n) is 8.10. The third kappa shape index (κ3) is 2.72. The Balaban J connectivity index is 1.93. The van der Waals surface area contributed by atoms with Crippen LogP contribution >= 0.6 is 0 Å². The summed E-state index contributed by atoms with van der Waals surface area (Å²) in [5.41, 5.74) is 0.438. The molecule has 2 aliphatic heterocycles. The van der Waals surface area contributed by atoms with Crippen molar-refractivity contribution in [1.29, 1.82) is 0 Å². The molecule has 2 aliphatic rings. The van der Waals surface area contributed by atoms with Crippen molar-refractivity contribution < 1.29 is 24.0 Å². The van der Waals surface area contributed by atoms with Gasteiger partial charge in [0.25, 0.3) is 0 Å². The fraction of sp³-hybridized carbons (Fsp3) is 0.529. The molecule has 1 amide bonds. The third-order valence-electron chi connectivity index (χ3n) is 5.21. The largest absolute Gasteiger partial charge is 0.496 e. The Labute approximate surface area is 141 Å². The maximum absolute atomic E-state index is 12.3. The molecule has 2 heterocycles. The highest BCUT2D eigenvalue weighted by atomic mass is 16.7. The summed E-state index contributed by atoms with van der Waals surface area (Å²) in [6.07, 6.45) is 0.0209. The maximum atomic E-state index is 12.3. The van der Waals surface area contributed by atoms with Gasteiger partial charge >= 0.3 is 13.1 Å². The molecule has 2 saturated heterocycles. The Hall–Kier alpha value is -1.86. The summed E-state index contributed by atoms with van der Waals surface area (Å²) in [6.45, 7) is 8.05. The van der Waals surface area contributed by atoms with Gasteiger partial charge in [0.15, 0.2) is 0 Å². The fourth-order valence-electron chi connectivity index (χ4n) is 3.01. The van der Waals surface area contributed by atoms with E-state index >= 15 is 0 Å². The number of hydrogen-bond acceptors (Lipinski definition) is 4. The average Bonchev–Trinajstić information content (AvgIpc) is 2.97. The summed E-state index contributed by atoms with van der Waals surface area (Å²) in [7, 11) is -0.595. The molecular formula is C17H22BNO5. The first-order valence-corrected chi connectivity index (χ1v) is 8.10. The number of carboxylic acid groups (broad SMARTS) is 1. The van der Waals surface area contributed by atoms with Crippen LogP contribution in [0.5, 0.6) is 0 Å². The van der Waals surface area contributed by atoms with Gasteiger partial charge in [-0.15, -0.1) is 0 Å². The molecule has 1 N–H and O–H groups in total. The van der Waals surface area contributed by atoms with Gasteiger partial charge in [0.2, 0.25) is 5.91 Å². The molecule has 2 fully saturated rings. The number of nitrogens with zero attached hydrogens (tertiary/aromatic N) is 1. The van der Waals surface area contributed by atoms with Gasteiger partial charge in [-0.3, -0.25) is 9.59 Å². The van der Waals surface area contributed by atoms with E-state index in [9.17, 15) is 14.7 Å². The highest BCUT2D eigenvalue weighted by Crippen LogP contribution is 2.37. The number of carbonyl (C=O) groups is 2. The Morgan fingerprint density at radius 3 is 2.33 bits per heavy atom. The van der Waals surface area contributed by atoms with Crippen molar-refractivity contribution in [3.8, 4) is 0 Å². The van der Waals surface area contributed by atoms with E-state index in [4.69, 9.17) is 9.31 Å². The van der Waals surface area contributed by atoms with Crippen LogP contribution in [-0.2, 0) is 18.9 Å². The van der Waals surface area contributed by atoms with Crippen molar-refractivity contribution >= 4 is 30.1 Å². The quantitative estimate of drug-likeness (QED) is 0.848. The van der Waals surface area contributed by atoms with Crippen molar-refractivity contribution in [1.82, 2.24) is 0 Å². The topological polar surface area (TPSA) is 76.1 Å². The molecule has 0 radical (unpaired) electrons. The summed E-state index contributed by atoms with van der Waals surface area (Å²) < 4.78 is 12.2. The molecule has 128 valence electrons. The van der Waals surface area contributed by atoms with Gasteiger partial charge in [-0.2, -0.15) is 0 Å². The zero-order valence-electron chi connectivity index (χ0n) is 14.4. The predicted molar refractivity (Wildman–Crippen MR) is 90.3 cm³/mol. The molecule has 1 atom stereocenters. The fourth-order valence-corrected chi connectivity index (χ4v) is 3.01. The van der Waals surface area contributed by atoms with Crippen LogP contribution in [0.25, 0.3) is 0 Å². The minimum absolute atomic E-state index is 0.0209. The number of benzene rings is 1. The number of hydrogen-bond donors (Lipinski definition) is 1. The van der Waals surface area contributed by atoms with Crippen LogP contribution in [0.15, 0.2) is 24.3 Å². The SMILES string of the molecule is CC1(C)OB(c2ccccc2N2CC(C(=O)O)CC2=O)OC1(C)C. The van der Waals surface area contributed by atoms with Crippen LogP contribution < -0.4 is 10.4 Å². The maximum Gasteiger partial charge on any atom is 0.496 e. The normalized spacial score (nSPS) is 25.3. The van der Waals surface area contributed by atoms with Crippen molar-refractivity contribution in [3.05, 3.63) is 24.3 Å². The van der Waals surface area contributed by atoms with Crippen molar-refractivity contribution in [2.24, 2.45) is 5.92 Å². The number of carboxylic acids is 1. The molecule has 0 aromatic heterocycles. The Morgan fingerprint density at radius 1 is 1.21 bits per heavy atom. The highest BCUT2D eigenvalue weighted by molar-refractivity contribution is 6.64. The molecule has 0 bridgehead atoms. The number of aliphatic carboxylic acids is 1. The Bertz CT molecular complexity index is 671. The average molecular weight is 331 g/mol. The second-order valence-electron chi connectivity index (χ2n) is 7.39. The lowest BCUT2D eigenvalue weighted by Crippen LogP contribution is -2.41. The minimum Gasteiger partial charge on any atom is -0.481 e. The molecule has 3 rings (SSSR count). The van der Waals surface area contributed by atoms with Crippen molar-refractivity contribution in [3.63, 3.8) is 0 Å². The van der Waals surface area contributed by atoms with Crippen LogP contribution in [-0.4, -0.2) is 41.8 Å². The first kappa shape index (κ1) is 17.0. The molecule has 1 aromatic rings. The lowest BCUT2D eigenvalue weighted by Gasteiger charge is -2.32. The number of anilines is 1.